The lowest BCUT2D eigenvalue weighted by Gasteiger charge is -2.33. The van der Waals surface area contributed by atoms with E-state index in [0.717, 1.165) is 65.4 Å². The van der Waals surface area contributed by atoms with Crippen LogP contribution in [0.25, 0.3) is 10.9 Å². The molecule has 1 aliphatic rings. The van der Waals surface area contributed by atoms with Gasteiger partial charge >= 0.3 is 6.03 Å². The number of aromatic amines is 1. The zero-order chi connectivity index (χ0) is 21.8. The molecular formula is C24H29FN4O2. The van der Waals surface area contributed by atoms with Crippen molar-refractivity contribution in [3.63, 3.8) is 0 Å². The highest BCUT2D eigenvalue weighted by molar-refractivity contribution is 5.90. The Kier molecular flexibility index (Phi) is 6.30. The summed E-state index contributed by atoms with van der Waals surface area (Å²) in [7, 11) is 1.67. The van der Waals surface area contributed by atoms with Gasteiger partial charge in [0.25, 0.3) is 0 Å². The van der Waals surface area contributed by atoms with Crippen molar-refractivity contribution >= 4 is 28.3 Å². The van der Waals surface area contributed by atoms with E-state index in [1.165, 1.54) is 12.1 Å². The number of halogens is 1. The van der Waals surface area contributed by atoms with Crippen LogP contribution in [0.1, 0.15) is 25.3 Å². The van der Waals surface area contributed by atoms with Gasteiger partial charge in [-0.3, -0.25) is 0 Å². The summed E-state index contributed by atoms with van der Waals surface area (Å²) in [5, 5.41) is 6.63. The van der Waals surface area contributed by atoms with E-state index in [1.807, 2.05) is 24.4 Å². The van der Waals surface area contributed by atoms with Crippen LogP contribution in [-0.2, 0) is 6.42 Å². The number of benzene rings is 2. The summed E-state index contributed by atoms with van der Waals surface area (Å²) in [5.74, 6) is 1.28. The van der Waals surface area contributed by atoms with Gasteiger partial charge in [0.2, 0.25) is 0 Å². The molecule has 0 aliphatic carbocycles. The topological polar surface area (TPSA) is 69.4 Å². The molecule has 31 heavy (non-hydrogen) atoms. The maximum absolute atomic E-state index is 13.5. The number of aromatic nitrogens is 1. The summed E-state index contributed by atoms with van der Waals surface area (Å²) < 4.78 is 19.1. The normalized spacial score (nSPS) is 14.6. The number of anilines is 2. The minimum Gasteiger partial charge on any atom is -0.495 e. The quantitative estimate of drug-likeness (QED) is 0.526. The molecule has 1 aliphatic heterocycles. The number of hydrogen-bond acceptors (Lipinski definition) is 3. The van der Waals surface area contributed by atoms with Gasteiger partial charge in [0.15, 0.2) is 0 Å². The fourth-order valence-electron chi connectivity index (χ4n) is 4.11. The molecule has 0 saturated carbocycles. The second-order valence-corrected chi connectivity index (χ2v) is 8.19. The van der Waals surface area contributed by atoms with Gasteiger partial charge in [-0.1, -0.05) is 6.92 Å². The molecule has 7 heteroatoms. The van der Waals surface area contributed by atoms with Crippen LogP contribution in [-0.4, -0.2) is 37.8 Å². The lowest BCUT2D eigenvalue weighted by molar-refractivity contribution is 0.252. The molecule has 6 nitrogen and oxygen atoms in total. The standard InChI is InChI=1S/C24H29FN4O2/c1-16-8-11-29(12-9-16)22-14-19(4-6-23(22)31-2)28-24(30)26-10-7-17-15-27-21-5-3-18(25)13-20(17)21/h3-6,13-16,27H,7-12H2,1-2H3,(H2,26,28,30). The van der Waals surface area contributed by atoms with Crippen molar-refractivity contribution < 1.29 is 13.9 Å². The van der Waals surface area contributed by atoms with Gasteiger partial charge in [0.05, 0.1) is 12.8 Å². The van der Waals surface area contributed by atoms with Crippen molar-refractivity contribution in [3.8, 4) is 5.75 Å². The molecule has 0 unspecified atom stereocenters. The van der Waals surface area contributed by atoms with E-state index >= 15 is 0 Å². The van der Waals surface area contributed by atoms with Crippen LogP contribution in [0.2, 0.25) is 0 Å². The molecule has 1 fully saturated rings. The summed E-state index contributed by atoms with van der Waals surface area (Å²) in [6.07, 6.45) is 4.77. The number of piperidine rings is 1. The number of ether oxygens (including phenoxy) is 1. The Morgan fingerprint density at radius 2 is 2.03 bits per heavy atom. The smallest absolute Gasteiger partial charge is 0.319 e. The predicted molar refractivity (Wildman–Crippen MR) is 123 cm³/mol. The number of rotatable bonds is 6. The Morgan fingerprint density at radius 3 is 2.81 bits per heavy atom. The fraction of sp³-hybridized carbons (Fsp3) is 0.375. The summed E-state index contributed by atoms with van der Waals surface area (Å²) in [4.78, 5) is 17.9. The maximum Gasteiger partial charge on any atom is 0.319 e. The van der Waals surface area contributed by atoms with E-state index in [-0.39, 0.29) is 11.8 Å². The van der Waals surface area contributed by atoms with E-state index in [9.17, 15) is 9.18 Å². The molecule has 0 atom stereocenters. The van der Waals surface area contributed by atoms with E-state index in [0.29, 0.717) is 13.0 Å². The average Bonchev–Trinajstić information content (AvgIpc) is 3.16. The van der Waals surface area contributed by atoms with Gasteiger partial charge in [-0.15, -0.1) is 0 Å². The molecule has 2 aromatic carbocycles. The van der Waals surface area contributed by atoms with Crippen molar-refractivity contribution in [2.75, 3.05) is 37.0 Å². The molecule has 164 valence electrons. The van der Waals surface area contributed by atoms with Crippen molar-refractivity contribution in [2.24, 2.45) is 5.92 Å². The van der Waals surface area contributed by atoms with Gasteiger partial charge in [-0.2, -0.15) is 0 Å². The number of urea groups is 1. The fourth-order valence-corrected chi connectivity index (χ4v) is 4.11. The lowest BCUT2D eigenvalue weighted by atomic mass is 9.98. The van der Waals surface area contributed by atoms with Crippen LogP contribution < -0.4 is 20.3 Å². The zero-order valence-electron chi connectivity index (χ0n) is 18.0. The van der Waals surface area contributed by atoms with Gasteiger partial charge in [-0.05, 0) is 67.1 Å². The lowest BCUT2D eigenvalue weighted by Crippen LogP contribution is -2.33. The van der Waals surface area contributed by atoms with Gasteiger partial charge in [0.1, 0.15) is 11.6 Å². The Hall–Kier alpha value is -3.22. The first-order chi connectivity index (χ1) is 15.0. The number of carbonyl (C=O) groups excluding carboxylic acids is 1. The first-order valence-corrected chi connectivity index (χ1v) is 10.8. The highest BCUT2D eigenvalue weighted by Gasteiger charge is 2.19. The van der Waals surface area contributed by atoms with Crippen molar-refractivity contribution in [1.29, 1.82) is 0 Å². The third-order valence-corrected chi connectivity index (χ3v) is 5.97. The SMILES string of the molecule is COc1ccc(NC(=O)NCCc2c[nH]c3ccc(F)cc23)cc1N1CCC(C)CC1. The monoisotopic (exact) mass is 424 g/mol. The van der Waals surface area contributed by atoms with E-state index < -0.39 is 0 Å². The molecule has 0 bridgehead atoms. The van der Waals surface area contributed by atoms with Crippen LogP contribution >= 0.6 is 0 Å². The van der Waals surface area contributed by atoms with E-state index in [2.05, 4.69) is 27.4 Å². The summed E-state index contributed by atoms with van der Waals surface area (Å²) >= 11 is 0. The molecule has 2 heterocycles. The number of nitrogens with one attached hydrogen (secondary N) is 3. The third-order valence-electron chi connectivity index (χ3n) is 5.97. The Bertz CT molecular complexity index is 1060. The number of hydrogen-bond donors (Lipinski definition) is 3. The highest BCUT2D eigenvalue weighted by atomic mass is 19.1. The minimum absolute atomic E-state index is 0.266. The third kappa shape index (κ3) is 4.93. The molecule has 1 saturated heterocycles. The van der Waals surface area contributed by atoms with Crippen LogP contribution in [0.4, 0.5) is 20.6 Å². The van der Waals surface area contributed by atoms with E-state index in [1.54, 1.807) is 13.2 Å². The number of amides is 2. The largest absolute Gasteiger partial charge is 0.495 e. The predicted octanol–water partition coefficient (Wildman–Crippen LogP) is 4.92. The van der Waals surface area contributed by atoms with Crippen LogP contribution in [0.3, 0.4) is 0 Å². The summed E-state index contributed by atoms with van der Waals surface area (Å²) in [6.45, 7) is 4.70. The molecule has 3 N–H and O–H groups in total. The molecule has 0 radical (unpaired) electrons. The van der Waals surface area contributed by atoms with Crippen molar-refractivity contribution in [3.05, 3.63) is 54.0 Å². The number of fused-ring (bicyclic) bond motifs is 1. The molecule has 0 spiro atoms. The Morgan fingerprint density at radius 1 is 1.23 bits per heavy atom. The summed E-state index contributed by atoms with van der Waals surface area (Å²) in [6, 6.07) is 10.1. The number of carbonyl (C=O) groups is 1. The molecule has 4 rings (SSSR count). The van der Waals surface area contributed by atoms with E-state index in [4.69, 9.17) is 4.74 Å². The Balaban J connectivity index is 1.35. The minimum atomic E-state index is -0.269. The zero-order valence-corrected chi connectivity index (χ0v) is 18.0. The van der Waals surface area contributed by atoms with Crippen LogP contribution in [0, 0.1) is 11.7 Å². The second-order valence-electron chi connectivity index (χ2n) is 8.19. The molecule has 2 amide bonds. The second kappa shape index (κ2) is 9.29. The van der Waals surface area contributed by atoms with Gasteiger partial charge in [0, 0.05) is 42.4 Å². The van der Waals surface area contributed by atoms with Crippen LogP contribution in [0.15, 0.2) is 42.6 Å². The van der Waals surface area contributed by atoms with Gasteiger partial charge in [-0.25, -0.2) is 9.18 Å². The number of methoxy groups -OCH3 is 1. The maximum atomic E-state index is 13.5. The van der Waals surface area contributed by atoms with Crippen LogP contribution in [0.5, 0.6) is 5.75 Å². The Labute approximate surface area is 181 Å². The average molecular weight is 425 g/mol. The van der Waals surface area contributed by atoms with Gasteiger partial charge < -0.3 is 25.3 Å². The molecule has 3 aromatic rings. The molecule has 1 aromatic heterocycles. The first-order valence-electron chi connectivity index (χ1n) is 10.8. The number of nitrogens with zero attached hydrogens (tertiary/aromatic N) is 1. The number of H-pyrrole nitrogens is 1. The van der Waals surface area contributed by atoms with Crippen molar-refractivity contribution in [1.82, 2.24) is 10.3 Å². The van der Waals surface area contributed by atoms with Crippen molar-refractivity contribution in [2.45, 2.75) is 26.2 Å². The molecular weight excluding hydrogens is 395 g/mol. The first kappa shape index (κ1) is 21.0. The highest BCUT2D eigenvalue weighted by Crippen LogP contribution is 2.34. The summed E-state index contributed by atoms with van der Waals surface area (Å²) in [5.41, 5.74) is 3.59.